The average Bonchev–Trinajstić information content (AvgIpc) is 3.37. The summed E-state index contributed by atoms with van der Waals surface area (Å²) in [4.78, 5) is 43.5. The molecule has 1 fully saturated rings. The van der Waals surface area contributed by atoms with Crippen molar-refractivity contribution >= 4 is 53.0 Å². The number of rotatable bonds is 8. The molecule has 2 amide bonds. The summed E-state index contributed by atoms with van der Waals surface area (Å²) >= 11 is 6.53. The number of nitrogens with one attached hydrogen (secondary N) is 2. The van der Waals surface area contributed by atoms with Crippen LogP contribution < -0.4 is 16.4 Å². The Bertz CT molecular complexity index is 1260. The monoisotopic (exact) mass is 570 g/mol. The third-order valence-corrected chi connectivity index (χ3v) is 7.11. The Balaban J connectivity index is 1.66. The van der Waals surface area contributed by atoms with Gasteiger partial charge in [0.2, 0.25) is 0 Å². The molecule has 1 unspecified atom stereocenters. The number of nitrogens with two attached hydrogens (primary N) is 1. The summed E-state index contributed by atoms with van der Waals surface area (Å²) in [5, 5.41) is 4.88. The smallest absolute Gasteiger partial charge is 0.356 e. The van der Waals surface area contributed by atoms with Gasteiger partial charge in [-0.05, 0) is 32.5 Å². The summed E-state index contributed by atoms with van der Waals surface area (Å²) in [6.45, 7) is 6.64. The molecule has 1 saturated heterocycles. The van der Waals surface area contributed by atoms with Crippen LogP contribution in [0.3, 0.4) is 0 Å². The number of aliphatic imine (C=N–C) groups is 2. The van der Waals surface area contributed by atoms with Crippen molar-refractivity contribution in [1.82, 2.24) is 20.2 Å². The highest BCUT2D eigenvalue weighted by Gasteiger charge is 2.34. The Labute approximate surface area is 225 Å². The van der Waals surface area contributed by atoms with Gasteiger partial charge in [-0.2, -0.15) is 13.2 Å². The van der Waals surface area contributed by atoms with Crippen LogP contribution in [0.4, 0.5) is 19.0 Å². The van der Waals surface area contributed by atoms with Gasteiger partial charge < -0.3 is 21.3 Å². The molecule has 2 aromatic heterocycles. The van der Waals surface area contributed by atoms with Gasteiger partial charge >= 0.3 is 6.18 Å². The van der Waals surface area contributed by atoms with Crippen molar-refractivity contribution in [2.24, 2.45) is 15.7 Å². The van der Waals surface area contributed by atoms with E-state index in [0.717, 1.165) is 30.4 Å². The van der Waals surface area contributed by atoms with Crippen molar-refractivity contribution in [3.05, 3.63) is 50.8 Å². The van der Waals surface area contributed by atoms with E-state index in [4.69, 9.17) is 17.3 Å². The highest BCUT2D eigenvalue weighted by atomic mass is 35.5. The Morgan fingerprint density at radius 1 is 1.32 bits per heavy atom. The van der Waals surface area contributed by atoms with Crippen molar-refractivity contribution in [3.8, 4) is 0 Å². The van der Waals surface area contributed by atoms with Crippen LogP contribution in [0.2, 0.25) is 5.02 Å². The number of carbonyl (C=O) groups excluding carboxylic acids is 2. The Hall–Kier alpha value is -3.36. The van der Waals surface area contributed by atoms with E-state index in [1.54, 1.807) is 13.0 Å². The van der Waals surface area contributed by atoms with Crippen LogP contribution in [0.5, 0.6) is 0 Å². The molecule has 0 saturated carbocycles. The number of piperidine rings is 1. The summed E-state index contributed by atoms with van der Waals surface area (Å²) < 4.78 is 39.2. The van der Waals surface area contributed by atoms with Gasteiger partial charge in [0.25, 0.3) is 11.8 Å². The second-order valence-electron chi connectivity index (χ2n) is 8.35. The van der Waals surface area contributed by atoms with Crippen molar-refractivity contribution in [2.45, 2.75) is 38.0 Å². The molecule has 0 bridgehead atoms. The minimum atomic E-state index is -4.70. The lowest BCUT2D eigenvalue weighted by Gasteiger charge is -2.31. The first-order chi connectivity index (χ1) is 17.9. The largest absolute Gasteiger partial charge is 0.418 e. The van der Waals surface area contributed by atoms with Crippen LogP contribution in [0, 0.1) is 0 Å². The number of alkyl halides is 3. The quantitative estimate of drug-likeness (QED) is 0.414. The van der Waals surface area contributed by atoms with Gasteiger partial charge in [-0.1, -0.05) is 11.6 Å². The predicted molar refractivity (Wildman–Crippen MR) is 141 cm³/mol. The van der Waals surface area contributed by atoms with Crippen molar-refractivity contribution in [1.29, 1.82) is 0 Å². The van der Waals surface area contributed by atoms with E-state index in [9.17, 15) is 22.8 Å². The zero-order chi connectivity index (χ0) is 28.0. The molecule has 0 spiro atoms. The van der Waals surface area contributed by atoms with Gasteiger partial charge in [-0.25, -0.2) is 15.0 Å². The van der Waals surface area contributed by atoms with E-state index in [-0.39, 0.29) is 22.4 Å². The molecule has 38 heavy (non-hydrogen) atoms. The minimum Gasteiger partial charge on any atom is -0.356 e. The number of anilines is 1. The van der Waals surface area contributed by atoms with Crippen LogP contribution in [-0.4, -0.2) is 65.3 Å². The summed E-state index contributed by atoms with van der Waals surface area (Å²) in [5.74, 6) is -1.00. The molecule has 0 aromatic carbocycles. The highest BCUT2D eigenvalue weighted by Crippen LogP contribution is 2.35. The number of carbonyl (C=O) groups is 2. The fraction of sp³-hybridized carbons (Fsp3) is 0.391. The molecule has 15 heteroatoms. The molecular formula is C23H26ClF3N8O2S. The molecule has 10 nitrogen and oxygen atoms in total. The third kappa shape index (κ3) is 7.36. The zero-order valence-corrected chi connectivity index (χ0v) is 22.1. The van der Waals surface area contributed by atoms with Crippen LogP contribution in [0.1, 0.15) is 46.0 Å². The Morgan fingerprint density at radius 2 is 2.00 bits per heavy atom. The van der Waals surface area contributed by atoms with Gasteiger partial charge in [0.05, 0.1) is 22.8 Å². The zero-order valence-electron chi connectivity index (χ0n) is 20.5. The maximum Gasteiger partial charge on any atom is 0.418 e. The number of amides is 2. The van der Waals surface area contributed by atoms with Gasteiger partial charge in [-0.3, -0.25) is 14.6 Å². The highest BCUT2D eigenvalue weighted by molar-refractivity contribution is 7.13. The first kappa shape index (κ1) is 29.2. The number of aromatic nitrogens is 2. The number of halogens is 4. The maximum atomic E-state index is 13.1. The topological polar surface area (TPSA) is 138 Å². The van der Waals surface area contributed by atoms with E-state index < -0.39 is 34.6 Å². The number of thiazole rings is 1. The number of pyridine rings is 1. The van der Waals surface area contributed by atoms with Crippen molar-refractivity contribution in [2.75, 3.05) is 25.5 Å². The number of hydrogen-bond donors (Lipinski definition) is 3. The van der Waals surface area contributed by atoms with Gasteiger partial charge in [-0.15, -0.1) is 11.3 Å². The van der Waals surface area contributed by atoms with E-state index >= 15 is 0 Å². The SMILES string of the molecule is C=N/C(=C\C(=NC)C(=O)NC(C)c1ncc(C(=O)Nc2cc(C(F)(F)F)c(Cl)cn2)s1)N1CCC(N)CC1. The molecule has 4 N–H and O–H groups in total. The predicted octanol–water partition coefficient (Wildman–Crippen LogP) is 3.68. The maximum absolute atomic E-state index is 13.1. The normalized spacial score (nSPS) is 16.2. The fourth-order valence-electron chi connectivity index (χ4n) is 3.55. The van der Waals surface area contributed by atoms with Crippen LogP contribution in [-0.2, 0) is 11.0 Å². The third-order valence-electron chi connectivity index (χ3n) is 5.63. The molecule has 0 radical (unpaired) electrons. The number of nitrogens with zero attached hydrogens (tertiary/aromatic N) is 5. The molecule has 1 aliphatic rings. The first-order valence-corrected chi connectivity index (χ1v) is 12.6. The second kappa shape index (κ2) is 12.5. The number of likely N-dealkylation sites (tertiary alicyclic amines) is 1. The minimum absolute atomic E-state index is 0.108. The van der Waals surface area contributed by atoms with Gasteiger partial charge in [0, 0.05) is 38.5 Å². The van der Waals surface area contributed by atoms with E-state index in [0.29, 0.717) is 30.0 Å². The lowest BCUT2D eigenvalue weighted by Crippen LogP contribution is -2.39. The number of hydrogen-bond acceptors (Lipinski definition) is 9. The molecule has 3 rings (SSSR count). The Kier molecular flexibility index (Phi) is 9.57. The van der Waals surface area contributed by atoms with Crippen LogP contribution in [0.15, 0.2) is 40.3 Å². The standard InChI is InChI=1S/C23H26ClF3N8O2S/c1-12(33-20(36)16(29-2)9-19(30-3)35-6-4-13(28)5-7-35)22-32-11-17(38-22)21(37)34-18-8-14(23(25,26)27)15(24)10-31-18/h8-13H,3-7,28H2,1-2H3,(H,33,36)(H,31,34,37)/b19-9+,29-16?. The molecule has 1 aliphatic heterocycles. The molecular weight excluding hydrogens is 545 g/mol. The lowest BCUT2D eigenvalue weighted by molar-refractivity contribution is -0.137. The van der Waals surface area contributed by atoms with Crippen molar-refractivity contribution < 1.29 is 22.8 Å². The van der Waals surface area contributed by atoms with E-state index in [1.165, 1.54) is 13.2 Å². The van der Waals surface area contributed by atoms with E-state index in [2.05, 4.69) is 37.3 Å². The van der Waals surface area contributed by atoms with Crippen molar-refractivity contribution in [3.63, 3.8) is 0 Å². The van der Waals surface area contributed by atoms with Crippen LogP contribution >= 0.6 is 22.9 Å². The molecule has 0 aliphatic carbocycles. The summed E-state index contributed by atoms with van der Waals surface area (Å²) in [7, 11) is 1.48. The molecule has 3 heterocycles. The summed E-state index contributed by atoms with van der Waals surface area (Å²) in [6, 6.07) is 0.179. The first-order valence-electron chi connectivity index (χ1n) is 11.4. The van der Waals surface area contributed by atoms with Gasteiger partial charge in [0.1, 0.15) is 27.2 Å². The van der Waals surface area contributed by atoms with Crippen LogP contribution in [0.25, 0.3) is 0 Å². The fourth-order valence-corrected chi connectivity index (χ4v) is 4.57. The molecule has 204 valence electrons. The van der Waals surface area contributed by atoms with Gasteiger partial charge in [0.15, 0.2) is 0 Å². The molecule has 1 atom stereocenters. The Morgan fingerprint density at radius 3 is 2.61 bits per heavy atom. The molecule has 2 aromatic rings. The lowest BCUT2D eigenvalue weighted by atomic mass is 10.1. The summed E-state index contributed by atoms with van der Waals surface area (Å²) in [5.41, 5.74) is 4.96. The average molecular weight is 571 g/mol. The summed E-state index contributed by atoms with van der Waals surface area (Å²) in [6.07, 6.45) is 0.502. The second-order valence-corrected chi connectivity index (χ2v) is 9.82. The van der Waals surface area contributed by atoms with E-state index in [1.807, 2.05) is 4.90 Å².